The van der Waals surface area contributed by atoms with Gasteiger partial charge < -0.3 is 0 Å². The molecule has 0 aliphatic carbocycles. The van der Waals surface area contributed by atoms with Crippen LogP contribution in [0.25, 0.3) is 0 Å². The fourth-order valence-electron chi connectivity index (χ4n) is 0.396. The predicted molar refractivity (Wildman–Crippen MR) is 37.1 cm³/mol. The minimum Gasteiger partial charge on any atom is -0.273 e. The van der Waals surface area contributed by atoms with E-state index in [1.165, 1.54) is 0 Å². The number of hydrogen-bond acceptors (Lipinski definition) is 1. The highest BCUT2D eigenvalue weighted by Crippen LogP contribution is 1.88. The van der Waals surface area contributed by atoms with Gasteiger partial charge in [-0.1, -0.05) is 20.8 Å². The van der Waals surface area contributed by atoms with E-state index in [-0.39, 0.29) is 5.91 Å². The summed E-state index contributed by atoms with van der Waals surface area (Å²) in [7, 11) is 0. The van der Waals surface area contributed by atoms with Gasteiger partial charge in [-0.25, -0.2) is 0 Å². The molecule has 0 saturated carbocycles. The molecule has 0 saturated heterocycles. The molecule has 0 bridgehead atoms. The monoisotopic (exact) mass is 128 g/mol. The molecule has 2 heteroatoms. The van der Waals surface area contributed by atoms with Gasteiger partial charge in [0.2, 0.25) is 5.91 Å². The van der Waals surface area contributed by atoms with Crippen LogP contribution in [-0.4, -0.2) is 12.5 Å². The van der Waals surface area contributed by atoms with Crippen LogP contribution in [0.4, 0.5) is 0 Å². The van der Waals surface area contributed by atoms with Crippen molar-refractivity contribution in [1.82, 2.24) is 5.32 Å². The van der Waals surface area contributed by atoms with Crippen molar-refractivity contribution in [1.29, 1.82) is 0 Å². The third-order valence-corrected chi connectivity index (χ3v) is 0.935. The van der Waals surface area contributed by atoms with E-state index in [1.807, 2.05) is 20.8 Å². The van der Waals surface area contributed by atoms with Crippen molar-refractivity contribution in [2.75, 3.05) is 6.54 Å². The summed E-state index contributed by atoms with van der Waals surface area (Å²) in [5.74, 6) is 0.518. The Morgan fingerprint density at radius 1 is 1.56 bits per heavy atom. The van der Waals surface area contributed by atoms with Crippen LogP contribution in [0.5, 0.6) is 0 Å². The average molecular weight is 128 g/mol. The standard InChI is InChI=1S/C7H14NO/c1-4-7(9)8-5-6(2)3/h6H,4-5H2,1-3H3. The fourth-order valence-corrected chi connectivity index (χ4v) is 0.396. The van der Waals surface area contributed by atoms with E-state index in [4.69, 9.17) is 0 Å². The fraction of sp³-hybridized carbons (Fsp3) is 0.857. The van der Waals surface area contributed by atoms with E-state index in [2.05, 4.69) is 5.32 Å². The van der Waals surface area contributed by atoms with Gasteiger partial charge >= 0.3 is 0 Å². The van der Waals surface area contributed by atoms with Crippen molar-refractivity contribution < 1.29 is 4.79 Å². The van der Waals surface area contributed by atoms with E-state index in [0.29, 0.717) is 18.9 Å². The minimum absolute atomic E-state index is 0.0173. The lowest BCUT2D eigenvalue weighted by atomic mass is 10.2. The summed E-state index contributed by atoms with van der Waals surface area (Å²) in [6, 6.07) is 0. The Morgan fingerprint density at radius 2 is 2.11 bits per heavy atom. The van der Waals surface area contributed by atoms with Crippen LogP contribution in [0.15, 0.2) is 0 Å². The molecule has 9 heavy (non-hydrogen) atoms. The highest BCUT2D eigenvalue weighted by molar-refractivity contribution is 5.75. The highest BCUT2D eigenvalue weighted by atomic mass is 16.1. The van der Waals surface area contributed by atoms with E-state index in [9.17, 15) is 4.79 Å². The van der Waals surface area contributed by atoms with Crippen LogP contribution < -0.4 is 5.32 Å². The summed E-state index contributed by atoms with van der Waals surface area (Å²) < 4.78 is 0. The first-order valence-electron chi connectivity index (χ1n) is 3.37. The molecule has 0 N–H and O–H groups in total. The van der Waals surface area contributed by atoms with Crippen LogP contribution in [0.3, 0.4) is 0 Å². The quantitative estimate of drug-likeness (QED) is 0.561. The molecule has 1 radical (unpaired) electrons. The van der Waals surface area contributed by atoms with Gasteiger partial charge in [-0.15, -0.1) is 0 Å². The minimum atomic E-state index is 0.0173. The molecule has 0 heterocycles. The number of nitrogens with zero attached hydrogens (tertiary/aromatic N) is 1. The first kappa shape index (κ1) is 8.47. The first-order chi connectivity index (χ1) is 4.16. The maximum absolute atomic E-state index is 10.5. The molecular formula is C7H14NO. The van der Waals surface area contributed by atoms with Crippen LogP contribution in [0, 0.1) is 5.92 Å². The second-order valence-corrected chi connectivity index (χ2v) is 2.48. The largest absolute Gasteiger partial charge is 0.273 e. The molecule has 0 atom stereocenters. The molecule has 0 spiro atoms. The van der Waals surface area contributed by atoms with Crippen LogP contribution in [0.1, 0.15) is 27.2 Å². The smallest absolute Gasteiger partial charge is 0.240 e. The van der Waals surface area contributed by atoms with E-state index in [1.54, 1.807) is 0 Å². The average Bonchev–Trinajstić information content (AvgIpc) is 1.83. The summed E-state index contributed by atoms with van der Waals surface area (Å²) in [5, 5.41) is 3.80. The summed E-state index contributed by atoms with van der Waals surface area (Å²) in [6.45, 7) is 6.59. The summed E-state index contributed by atoms with van der Waals surface area (Å²) in [5.41, 5.74) is 0. The molecule has 0 unspecified atom stereocenters. The maximum atomic E-state index is 10.5. The van der Waals surface area contributed by atoms with Gasteiger partial charge in [0.25, 0.3) is 0 Å². The Morgan fingerprint density at radius 3 is 2.44 bits per heavy atom. The van der Waals surface area contributed by atoms with Crippen molar-refractivity contribution in [3.8, 4) is 0 Å². The topological polar surface area (TPSA) is 31.2 Å². The lowest BCUT2D eigenvalue weighted by Crippen LogP contribution is -2.18. The zero-order chi connectivity index (χ0) is 7.28. The molecule has 0 aromatic rings. The van der Waals surface area contributed by atoms with Crippen molar-refractivity contribution in [3.05, 3.63) is 0 Å². The second-order valence-electron chi connectivity index (χ2n) is 2.48. The zero-order valence-corrected chi connectivity index (χ0v) is 6.35. The Labute approximate surface area is 56.6 Å². The summed E-state index contributed by atoms with van der Waals surface area (Å²) in [6.07, 6.45) is 0.534. The molecule has 0 rings (SSSR count). The van der Waals surface area contributed by atoms with Gasteiger partial charge in [-0.2, -0.15) is 0 Å². The Balaban J connectivity index is 3.17. The van der Waals surface area contributed by atoms with Crippen molar-refractivity contribution >= 4 is 5.91 Å². The Bertz CT molecular complexity index is 88.9. The SMILES string of the molecule is CCC(=O)[N]CC(C)C. The van der Waals surface area contributed by atoms with Crippen molar-refractivity contribution in [2.24, 2.45) is 5.92 Å². The van der Waals surface area contributed by atoms with Crippen LogP contribution in [-0.2, 0) is 4.79 Å². The number of carbonyl (C=O) groups excluding carboxylic acids is 1. The third-order valence-electron chi connectivity index (χ3n) is 0.935. The van der Waals surface area contributed by atoms with Gasteiger partial charge in [0.05, 0.1) is 0 Å². The normalized spacial score (nSPS) is 9.78. The molecule has 53 valence electrons. The first-order valence-corrected chi connectivity index (χ1v) is 3.37. The Hall–Kier alpha value is -0.530. The van der Waals surface area contributed by atoms with E-state index in [0.717, 1.165) is 0 Å². The summed E-state index contributed by atoms with van der Waals surface area (Å²) in [4.78, 5) is 10.5. The number of amides is 1. The van der Waals surface area contributed by atoms with Gasteiger partial charge in [0.1, 0.15) is 0 Å². The highest BCUT2D eigenvalue weighted by Gasteiger charge is 1.99. The summed E-state index contributed by atoms with van der Waals surface area (Å²) >= 11 is 0. The van der Waals surface area contributed by atoms with Crippen molar-refractivity contribution in [2.45, 2.75) is 27.2 Å². The van der Waals surface area contributed by atoms with Crippen LogP contribution in [0.2, 0.25) is 0 Å². The van der Waals surface area contributed by atoms with Gasteiger partial charge in [-0.05, 0) is 5.92 Å². The zero-order valence-electron chi connectivity index (χ0n) is 6.35. The van der Waals surface area contributed by atoms with Gasteiger partial charge in [-0.3, -0.25) is 10.1 Å². The van der Waals surface area contributed by atoms with Crippen LogP contribution >= 0.6 is 0 Å². The molecule has 0 aromatic heterocycles. The second kappa shape index (κ2) is 4.36. The molecule has 0 aliphatic heterocycles. The molecule has 0 aromatic carbocycles. The third kappa shape index (κ3) is 5.34. The van der Waals surface area contributed by atoms with Gasteiger partial charge in [0, 0.05) is 13.0 Å². The Kier molecular flexibility index (Phi) is 4.10. The molecule has 2 nitrogen and oxygen atoms in total. The lowest BCUT2D eigenvalue weighted by Gasteiger charge is -2.01. The number of carbonyl (C=O) groups is 1. The predicted octanol–water partition coefficient (Wildman–Crippen LogP) is 1.18. The molecule has 1 amide bonds. The van der Waals surface area contributed by atoms with Gasteiger partial charge in [0.15, 0.2) is 0 Å². The molecule has 0 aliphatic rings. The molecular weight excluding hydrogens is 114 g/mol. The maximum Gasteiger partial charge on any atom is 0.240 e. The lowest BCUT2D eigenvalue weighted by molar-refractivity contribution is -0.121. The number of rotatable bonds is 3. The molecule has 0 fully saturated rings. The van der Waals surface area contributed by atoms with Crippen molar-refractivity contribution in [3.63, 3.8) is 0 Å². The number of hydrogen-bond donors (Lipinski definition) is 0. The van der Waals surface area contributed by atoms with E-state index >= 15 is 0 Å². The van der Waals surface area contributed by atoms with E-state index < -0.39 is 0 Å².